The molecule has 8 nitrogen and oxygen atoms in total. The fraction of sp³-hybridized carbons (Fsp3) is 0.444. The average Bonchev–Trinajstić information content (AvgIpc) is 3.18. The third-order valence-electron chi connectivity index (χ3n) is 4.80. The Bertz CT molecular complexity index is 924. The summed E-state index contributed by atoms with van der Waals surface area (Å²) >= 11 is 0. The van der Waals surface area contributed by atoms with Crippen LogP contribution in [-0.4, -0.2) is 72.8 Å². The zero-order valence-corrected chi connectivity index (χ0v) is 16.3. The molecule has 0 aliphatic carbocycles. The molecule has 3 rings (SSSR count). The van der Waals surface area contributed by atoms with Gasteiger partial charge in [0.25, 0.3) is 5.91 Å². The van der Waals surface area contributed by atoms with Gasteiger partial charge in [-0.2, -0.15) is 0 Å². The SMILES string of the molecule is Cc1onc(-c2ccccc2)c1C(=O)N1C[C@@H](CS(=O)(=O)N(C)C)[C@@H](O)C1. The van der Waals surface area contributed by atoms with E-state index in [1.807, 2.05) is 30.3 Å². The summed E-state index contributed by atoms with van der Waals surface area (Å²) in [7, 11) is -0.571. The quantitative estimate of drug-likeness (QED) is 0.812. The predicted molar refractivity (Wildman–Crippen MR) is 99.6 cm³/mol. The lowest BCUT2D eigenvalue weighted by Crippen LogP contribution is -2.33. The molecule has 0 spiro atoms. The van der Waals surface area contributed by atoms with Crippen molar-refractivity contribution in [2.45, 2.75) is 13.0 Å². The Labute approximate surface area is 158 Å². The van der Waals surface area contributed by atoms with Crippen LogP contribution in [0.3, 0.4) is 0 Å². The third-order valence-corrected chi connectivity index (χ3v) is 6.76. The molecule has 2 aromatic rings. The van der Waals surface area contributed by atoms with Crippen LogP contribution in [-0.2, 0) is 10.0 Å². The van der Waals surface area contributed by atoms with Crippen molar-refractivity contribution in [3.8, 4) is 11.3 Å². The molecular formula is C18H23N3O5S. The third kappa shape index (κ3) is 3.90. The second-order valence-corrected chi connectivity index (χ2v) is 9.15. The maximum Gasteiger partial charge on any atom is 0.259 e. The van der Waals surface area contributed by atoms with Gasteiger partial charge in [-0.1, -0.05) is 35.5 Å². The summed E-state index contributed by atoms with van der Waals surface area (Å²) in [6, 6.07) is 9.22. The maximum atomic E-state index is 13.1. The number of likely N-dealkylation sites (tertiary alicyclic amines) is 1. The van der Waals surface area contributed by atoms with E-state index in [2.05, 4.69) is 5.16 Å². The fourth-order valence-corrected chi connectivity index (χ4v) is 4.35. The van der Waals surface area contributed by atoms with Gasteiger partial charge in [0.15, 0.2) is 0 Å². The lowest BCUT2D eigenvalue weighted by molar-refractivity contribution is 0.0763. The Morgan fingerprint density at radius 2 is 1.96 bits per heavy atom. The van der Waals surface area contributed by atoms with Crippen LogP contribution in [0, 0.1) is 12.8 Å². The van der Waals surface area contributed by atoms with Gasteiger partial charge in [-0.25, -0.2) is 12.7 Å². The van der Waals surface area contributed by atoms with Gasteiger partial charge in [-0.05, 0) is 6.92 Å². The number of β-amino-alcohol motifs (C(OH)–C–C–N with tert-alkyl or cyclic N) is 1. The highest BCUT2D eigenvalue weighted by Crippen LogP contribution is 2.29. The minimum absolute atomic E-state index is 0.0747. The summed E-state index contributed by atoms with van der Waals surface area (Å²) in [6.07, 6.45) is -0.899. The van der Waals surface area contributed by atoms with Gasteiger partial charge in [0.05, 0.1) is 11.9 Å². The second kappa shape index (κ2) is 7.41. The molecule has 1 aliphatic heterocycles. The first kappa shape index (κ1) is 19.5. The van der Waals surface area contributed by atoms with E-state index >= 15 is 0 Å². The molecule has 1 saturated heterocycles. The lowest BCUT2D eigenvalue weighted by Gasteiger charge is -2.18. The normalized spacial score (nSPS) is 20.4. The monoisotopic (exact) mass is 393 g/mol. The standard InChI is InChI=1S/C18H23N3O5S/c1-12-16(17(19-26-12)13-7-5-4-6-8-13)18(23)21-9-14(15(22)10-21)11-27(24,25)20(2)3/h4-8,14-15,22H,9-11H2,1-3H3/t14-,15-/m0/s1. The molecule has 27 heavy (non-hydrogen) atoms. The van der Waals surface area contributed by atoms with E-state index < -0.39 is 22.0 Å². The van der Waals surface area contributed by atoms with Crippen LogP contribution in [0.1, 0.15) is 16.1 Å². The first-order chi connectivity index (χ1) is 12.7. The van der Waals surface area contributed by atoms with Crippen LogP contribution in [0.15, 0.2) is 34.9 Å². The summed E-state index contributed by atoms with van der Waals surface area (Å²) < 4.78 is 30.6. The van der Waals surface area contributed by atoms with Crippen molar-refractivity contribution in [3.05, 3.63) is 41.7 Å². The van der Waals surface area contributed by atoms with Crippen LogP contribution in [0.5, 0.6) is 0 Å². The van der Waals surface area contributed by atoms with Gasteiger partial charge in [-0.15, -0.1) is 0 Å². The number of carbonyl (C=O) groups is 1. The Balaban J connectivity index is 1.83. The summed E-state index contributed by atoms with van der Waals surface area (Å²) in [5.74, 6) is -0.685. The van der Waals surface area contributed by atoms with E-state index in [-0.39, 0.29) is 24.7 Å². The number of aryl methyl sites for hydroxylation is 1. The molecule has 1 aromatic heterocycles. The van der Waals surface area contributed by atoms with Crippen LogP contribution in [0.25, 0.3) is 11.3 Å². The minimum Gasteiger partial charge on any atom is -0.391 e. The number of aliphatic hydroxyl groups excluding tert-OH is 1. The van der Waals surface area contributed by atoms with Crippen molar-refractivity contribution >= 4 is 15.9 Å². The molecule has 1 amide bonds. The molecule has 1 fully saturated rings. The highest BCUT2D eigenvalue weighted by atomic mass is 32.2. The van der Waals surface area contributed by atoms with Crippen molar-refractivity contribution in [2.75, 3.05) is 32.9 Å². The zero-order chi connectivity index (χ0) is 19.8. The molecule has 2 heterocycles. The van der Waals surface area contributed by atoms with E-state index in [1.54, 1.807) is 6.92 Å². The highest BCUT2D eigenvalue weighted by Gasteiger charge is 2.39. The van der Waals surface area contributed by atoms with Crippen molar-refractivity contribution < 1.29 is 22.8 Å². The van der Waals surface area contributed by atoms with Gasteiger partial charge in [0.1, 0.15) is 17.0 Å². The van der Waals surface area contributed by atoms with Crippen LogP contribution >= 0.6 is 0 Å². The second-order valence-electron chi connectivity index (χ2n) is 6.93. The van der Waals surface area contributed by atoms with Crippen molar-refractivity contribution in [3.63, 3.8) is 0 Å². The van der Waals surface area contributed by atoms with Crippen molar-refractivity contribution in [1.82, 2.24) is 14.4 Å². The highest BCUT2D eigenvalue weighted by molar-refractivity contribution is 7.89. The van der Waals surface area contributed by atoms with Crippen molar-refractivity contribution in [1.29, 1.82) is 0 Å². The van der Waals surface area contributed by atoms with Crippen LogP contribution < -0.4 is 0 Å². The number of hydrogen-bond donors (Lipinski definition) is 1. The van der Waals surface area contributed by atoms with Crippen LogP contribution in [0.2, 0.25) is 0 Å². The molecule has 146 valence electrons. The summed E-state index contributed by atoms with van der Waals surface area (Å²) in [6.45, 7) is 1.89. The lowest BCUT2D eigenvalue weighted by atomic mass is 10.1. The fourth-order valence-electron chi connectivity index (χ4n) is 3.18. The molecule has 1 N–H and O–H groups in total. The van der Waals surface area contributed by atoms with E-state index in [0.717, 1.165) is 9.87 Å². The minimum atomic E-state index is -3.47. The Morgan fingerprint density at radius 3 is 2.59 bits per heavy atom. The van der Waals surface area contributed by atoms with Gasteiger partial charge in [0.2, 0.25) is 10.0 Å². The number of carbonyl (C=O) groups excluding carboxylic acids is 1. The molecular weight excluding hydrogens is 370 g/mol. The van der Waals surface area contributed by atoms with Crippen LogP contribution in [0.4, 0.5) is 0 Å². The molecule has 9 heteroatoms. The number of aromatic nitrogens is 1. The molecule has 0 radical (unpaired) electrons. The molecule has 1 aromatic carbocycles. The first-order valence-electron chi connectivity index (χ1n) is 8.60. The maximum absolute atomic E-state index is 13.1. The van der Waals surface area contributed by atoms with Crippen molar-refractivity contribution in [2.24, 2.45) is 5.92 Å². The number of nitrogens with zero attached hydrogens (tertiary/aromatic N) is 3. The summed E-state index contributed by atoms with van der Waals surface area (Å²) in [5, 5.41) is 14.3. The molecule has 2 atom stereocenters. The van der Waals surface area contributed by atoms with E-state index in [9.17, 15) is 18.3 Å². The van der Waals surface area contributed by atoms with Gasteiger partial charge in [0, 0.05) is 38.7 Å². The Kier molecular flexibility index (Phi) is 5.36. The Hall–Kier alpha value is -2.23. The van der Waals surface area contributed by atoms with E-state index in [1.165, 1.54) is 19.0 Å². The number of benzene rings is 1. The van der Waals surface area contributed by atoms with Gasteiger partial charge < -0.3 is 14.5 Å². The van der Waals surface area contributed by atoms with Gasteiger partial charge in [-0.3, -0.25) is 4.79 Å². The molecule has 0 unspecified atom stereocenters. The van der Waals surface area contributed by atoms with E-state index in [0.29, 0.717) is 17.0 Å². The molecule has 0 saturated carbocycles. The predicted octanol–water partition coefficient (Wildman–Crippen LogP) is 0.974. The summed E-state index contributed by atoms with van der Waals surface area (Å²) in [4.78, 5) is 14.5. The van der Waals surface area contributed by atoms with Gasteiger partial charge >= 0.3 is 0 Å². The average molecular weight is 393 g/mol. The number of rotatable bonds is 5. The molecule has 1 aliphatic rings. The number of sulfonamides is 1. The zero-order valence-electron chi connectivity index (χ0n) is 15.5. The number of amides is 1. The van der Waals surface area contributed by atoms with E-state index in [4.69, 9.17) is 4.52 Å². The number of aliphatic hydroxyl groups is 1. The Morgan fingerprint density at radius 1 is 1.30 bits per heavy atom. The number of hydrogen-bond acceptors (Lipinski definition) is 6. The summed E-state index contributed by atoms with van der Waals surface area (Å²) in [5.41, 5.74) is 1.53. The molecule has 0 bridgehead atoms. The largest absolute Gasteiger partial charge is 0.391 e. The first-order valence-corrected chi connectivity index (χ1v) is 10.2. The smallest absolute Gasteiger partial charge is 0.259 e. The topological polar surface area (TPSA) is 104 Å².